The van der Waals surface area contributed by atoms with Crippen LogP contribution in [0.5, 0.6) is 5.75 Å². The number of rotatable bonds is 20. The summed E-state index contributed by atoms with van der Waals surface area (Å²) in [4.78, 5) is 33.3. The molecule has 12 nitrogen and oxygen atoms in total. The van der Waals surface area contributed by atoms with Crippen LogP contribution in [0, 0.1) is 10.8 Å². The lowest BCUT2D eigenvalue weighted by atomic mass is 10.1. The normalized spacial score (nSPS) is 11.4. The first kappa shape index (κ1) is 35.8. The van der Waals surface area contributed by atoms with Gasteiger partial charge in [0.15, 0.2) is 11.6 Å². The summed E-state index contributed by atoms with van der Waals surface area (Å²) < 4.78 is 16.8. The quantitative estimate of drug-likeness (QED) is 0.0774. The van der Waals surface area contributed by atoms with Gasteiger partial charge in [0, 0.05) is 44.3 Å². The standard InChI is InChI=1S/C34H45N7O5/c1-25(42)23-45-18-9-17-44-16-5-4-6-19-46-30-13-8-10-27(21-30)26(2)40-34(43)28-11-7-12-29(20-28)38-22-32(35)41(3)33(36)31-14-15-37-24-39-31/h7-8,10-15,20-21,24,26,35-36,38H,4-6,9,16-19,22-23H2,1-3H3,(H,40,43)/t26-/m0/s1. The number of anilines is 1. The number of benzene rings is 2. The second kappa shape index (κ2) is 19.7. The predicted molar refractivity (Wildman–Crippen MR) is 178 cm³/mol. The zero-order chi connectivity index (χ0) is 33.1. The Morgan fingerprint density at radius 2 is 1.70 bits per heavy atom. The molecule has 3 aromatic rings. The van der Waals surface area contributed by atoms with Gasteiger partial charge in [-0.25, -0.2) is 9.97 Å². The van der Waals surface area contributed by atoms with E-state index in [0.29, 0.717) is 43.4 Å². The number of amidine groups is 2. The van der Waals surface area contributed by atoms with Crippen molar-refractivity contribution in [2.24, 2.45) is 0 Å². The maximum absolute atomic E-state index is 13.1. The Bertz CT molecular complexity index is 1420. The van der Waals surface area contributed by atoms with E-state index >= 15 is 0 Å². The molecule has 1 amide bonds. The maximum Gasteiger partial charge on any atom is 0.251 e. The zero-order valence-electron chi connectivity index (χ0n) is 26.9. The summed E-state index contributed by atoms with van der Waals surface area (Å²) in [5.74, 6) is 0.832. The lowest BCUT2D eigenvalue weighted by molar-refractivity contribution is -0.121. The smallest absolute Gasteiger partial charge is 0.251 e. The number of Topliss-reactive ketones (excluding diaryl/α,β-unsaturated/α-hetero) is 1. The molecule has 0 saturated heterocycles. The monoisotopic (exact) mass is 631 g/mol. The van der Waals surface area contributed by atoms with Gasteiger partial charge in [0.1, 0.15) is 30.2 Å². The average molecular weight is 632 g/mol. The van der Waals surface area contributed by atoms with Gasteiger partial charge in [0.25, 0.3) is 5.91 Å². The van der Waals surface area contributed by atoms with Gasteiger partial charge in [0.2, 0.25) is 0 Å². The number of aromatic nitrogens is 2. The van der Waals surface area contributed by atoms with E-state index in [1.54, 1.807) is 37.5 Å². The molecule has 0 unspecified atom stereocenters. The molecule has 246 valence electrons. The van der Waals surface area contributed by atoms with Crippen molar-refractivity contribution in [3.63, 3.8) is 0 Å². The molecule has 0 aliphatic rings. The molecule has 0 saturated carbocycles. The van der Waals surface area contributed by atoms with Crippen LogP contribution < -0.4 is 15.4 Å². The molecule has 0 fully saturated rings. The summed E-state index contributed by atoms with van der Waals surface area (Å²) in [6.45, 7) is 6.21. The second-order valence-electron chi connectivity index (χ2n) is 10.8. The molecule has 2 aromatic carbocycles. The van der Waals surface area contributed by atoms with Crippen molar-refractivity contribution in [2.75, 3.05) is 51.9 Å². The first-order valence-electron chi connectivity index (χ1n) is 15.4. The summed E-state index contributed by atoms with van der Waals surface area (Å²) in [6.07, 6.45) is 6.55. The Morgan fingerprint density at radius 3 is 2.48 bits per heavy atom. The number of hydrogen-bond donors (Lipinski definition) is 4. The number of likely N-dealkylation sites (N-methyl/N-ethyl adjacent to an activating group) is 1. The number of hydrogen-bond acceptors (Lipinski definition) is 10. The number of carbonyl (C=O) groups is 2. The molecule has 46 heavy (non-hydrogen) atoms. The van der Waals surface area contributed by atoms with Crippen molar-refractivity contribution in [3.05, 3.63) is 83.9 Å². The fourth-order valence-corrected chi connectivity index (χ4v) is 4.30. The molecule has 0 radical (unpaired) electrons. The van der Waals surface area contributed by atoms with Crippen molar-refractivity contribution in [2.45, 2.75) is 45.6 Å². The van der Waals surface area contributed by atoms with Crippen LogP contribution in [0.3, 0.4) is 0 Å². The van der Waals surface area contributed by atoms with Crippen LogP contribution in [0.15, 0.2) is 67.1 Å². The molecular formula is C34H45N7O5. The molecule has 3 rings (SSSR count). The number of amides is 1. The Balaban J connectivity index is 1.37. The topological polar surface area (TPSA) is 163 Å². The first-order valence-corrected chi connectivity index (χ1v) is 15.4. The Kier molecular flexibility index (Phi) is 15.3. The van der Waals surface area contributed by atoms with Gasteiger partial charge in [-0.2, -0.15) is 0 Å². The zero-order valence-corrected chi connectivity index (χ0v) is 26.9. The van der Waals surface area contributed by atoms with Gasteiger partial charge in [-0.05, 0) is 81.5 Å². The third-order valence-corrected chi connectivity index (χ3v) is 6.94. The van der Waals surface area contributed by atoms with Crippen molar-refractivity contribution in [1.29, 1.82) is 10.8 Å². The third-order valence-electron chi connectivity index (χ3n) is 6.94. The minimum absolute atomic E-state index is 0.0307. The fourth-order valence-electron chi connectivity index (χ4n) is 4.30. The van der Waals surface area contributed by atoms with Gasteiger partial charge < -0.3 is 29.7 Å². The summed E-state index contributed by atoms with van der Waals surface area (Å²) in [5.41, 5.74) is 2.53. The Morgan fingerprint density at radius 1 is 0.935 bits per heavy atom. The van der Waals surface area contributed by atoms with E-state index in [1.165, 1.54) is 18.2 Å². The van der Waals surface area contributed by atoms with Gasteiger partial charge >= 0.3 is 0 Å². The number of nitrogens with zero attached hydrogens (tertiary/aromatic N) is 3. The average Bonchev–Trinajstić information content (AvgIpc) is 3.07. The minimum atomic E-state index is -0.243. The van der Waals surface area contributed by atoms with Crippen molar-refractivity contribution < 1.29 is 23.8 Å². The maximum atomic E-state index is 13.1. The molecule has 0 bridgehead atoms. The highest BCUT2D eigenvalue weighted by atomic mass is 16.5. The highest BCUT2D eigenvalue weighted by Gasteiger charge is 2.15. The Labute approximate surface area is 270 Å². The van der Waals surface area contributed by atoms with Crippen LogP contribution in [0.4, 0.5) is 5.69 Å². The van der Waals surface area contributed by atoms with Crippen LogP contribution in [0.2, 0.25) is 0 Å². The molecule has 4 N–H and O–H groups in total. The van der Waals surface area contributed by atoms with Crippen molar-refractivity contribution in [3.8, 4) is 5.75 Å². The van der Waals surface area contributed by atoms with Crippen LogP contribution in [-0.2, 0) is 14.3 Å². The lowest BCUT2D eigenvalue weighted by Gasteiger charge is -2.21. The van der Waals surface area contributed by atoms with Gasteiger partial charge in [0.05, 0.1) is 19.2 Å². The van der Waals surface area contributed by atoms with E-state index in [9.17, 15) is 9.59 Å². The summed E-state index contributed by atoms with van der Waals surface area (Å²) in [6, 6.07) is 16.2. The lowest BCUT2D eigenvalue weighted by Crippen LogP contribution is -2.37. The molecule has 1 heterocycles. The van der Waals surface area contributed by atoms with Crippen molar-refractivity contribution in [1.82, 2.24) is 20.2 Å². The van der Waals surface area contributed by atoms with Gasteiger partial charge in [-0.15, -0.1) is 0 Å². The number of nitrogens with one attached hydrogen (secondary N) is 4. The summed E-state index contributed by atoms with van der Waals surface area (Å²) >= 11 is 0. The number of ether oxygens (including phenoxy) is 3. The number of unbranched alkanes of at least 4 members (excludes halogenated alkanes) is 2. The number of ketones is 1. The minimum Gasteiger partial charge on any atom is -0.494 e. The van der Waals surface area contributed by atoms with Gasteiger partial charge in [-0.1, -0.05) is 18.2 Å². The predicted octanol–water partition coefficient (Wildman–Crippen LogP) is 4.88. The molecule has 1 aromatic heterocycles. The van der Waals surface area contributed by atoms with Crippen LogP contribution in [0.1, 0.15) is 67.2 Å². The van der Waals surface area contributed by atoms with Crippen LogP contribution >= 0.6 is 0 Å². The molecule has 1 atom stereocenters. The van der Waals surface area contributed by atoms with E-state index in [4.69, 9.17) is 25.0 Å². The van der Waals surface area contributed by atoms with E-state index in [2.05, 4.69) is 20.6 Å². The second-order valence-corrected chi connectivity index (χ2v) is 10.8. The van der Waals surface area contributed by atoms with Gasteiger partial charge in [-0.3, -0.25) is 20.4 Å². The van der Waals surface area contributed by atoms with Crippen LogP contribution in [0.25, 0.3) is 0 Å². The Hall–Kier alpha value is -4.68. The molecule has 0 aliphatic carbocycles. The fraction of sp³-hybridized carbons (Fsp3) is 0.412. The molecule has 0 spiro atoms. The number of carbonyl (C=O) groups excluding carboxylic acids is 2. The molecule has 0 aliphatic heterocycles. The van der Waals surface area contributed by atoms with Crippen molar-refractivity contribution >= 4 is 29.0 Å². The van der Waals surface area contributed by atoms with E-state index in [-0.39, 0.29) is 42.6 Å². The van der Waals surface area contributed by atoms with E-state index < -0.39 is 0 Å². The molecule has 12 heteroatoms. The third kappa shape index (κ3) is 12.7. The summed E-state index contributed by atoms with van der Waals surface area (Å²) in [5, 5.41) is 22.8. The highest BCUT2D eigenvalue weighted by Crippen LogP contribution is 2.20. The largest absolute Gasteiger partial charge is 0.494 e. The molecular weight excluding hydrogens is 586 g/mol. The SMILES string of the molecule is CC(=O)COCCCOCCCCCOc1cccc([C@H](C)NC(=O)c2cccc(NCC(=N)N(C)C(=N)c3ccncn3)c2)c1. The van der Waals surface area contributed by atoms with E-state index in [0.717, 1.165) is 37.0 Å². The first-order chi connectivity index (χ1) is 22.2. The highest BCUT2D eigenvalue weighted by molar-refractivity contribution is 6.06. The van der Waals surface area contributed by atoms with Crippen LogP contribution in [-0.4, -0.2) is 84.9 Å². The van der Waals surface area contributed by atoms with E-state index in [1.807, 2.05) is 37.3 Å². The summed E-state index contributed by atoms with van der Waals surface area (Å²) in [7, 11) is 1.64.